The zero-order chi connectivity index (χ0) is 19.7. The van der Waals surface area contributed by atoms with Gasteiger partial charge in [-0.25, -0.2) is 4.39 Å². The first-order chi connectivity index (χ1) is 13.5. The highest BCUT2D eigenvalue weighted by Gasteiger charge is 2.50. The summed E-state index contributed by atoms with van der Waals surface area (Å²) in [5.74, 6) is -0.244. The van der Waals surface area contributed by atoms with Crippen molar-refractivity contribution in [3.05, 3.63) is 11.6 Å². The average molecular weight is 398 g/mol. The van der Waals surface area contributed by atoms with Gasteiger partial charge < -0.3 is 20.1 Å². The van der Waals surface area contributed by atoms with Crippen molar-refractivity contribution in [3.8, 4) is 0 Å². The lowest BCUT2D eigenvalue weighted by atomic mass is 9.74. The van der Waals surface area contributed by atoms with E-state index in [1.165, 1.54) is 5.57 Å². The highest BCUT2D eigenvalue weighted by molar-refractivity contribution is 5.19. The molecule has 0 radical (unpaired) electrons. The summed E-state index contributed by atoms with van der Waals surface area (Å²) >= 11 is 0. The van der Waals surface area contributed by atoms with Crippen molar-refractivity contribution < 1.29 is 13.9 Å². The van der Waals surface area contributed by atoms with Gasteiger partial charge in [-0.2, -0.15) is 0 Å². The van der Waals surface area contributed by atoms with Crippen molar-refractivity contribution in [1.82, 2.24) is 26.6 Å². The van der Waals surface area contributed by atoms with Crippen LogP contribution in [0.25, 0.3) is 0 Å². The average Bonchev–Trinajstić information content (AvgIpc) is 3.02. The molecule has 0 aromatic heterocycles. The van der Waals surface area contributed by atoms with Crippen molar-refractivity contribution in [1.29, 1.82) is 0 Å². The van der Waals surface area contributed by atoms with E-state index in [0.717, 1.165) is 25.8 Å². The number of rotatable bonds is 4. The van der Waals surface area contributed by atoms with E-state index < -0.39 is 6.17 Å². The molecule has 0 amide bonds. The predicted octanol–water partition coefficient (Wildman–Crippen LogP) is 0.543. The van der Waals surface area contributed by atoms with Gasteiger partial charge in [-0.3, -0.25) is 16.0 Å². The maximum atomic E-state index is 15.9. The molecule has 4 aliphatic rings. The summed E-state index contributed by atoms with van der Waals surface area (Å²) < 4.78 is 27.6. The second-order valence-electron chi connectivity index (χ2n) is 8.80. The fraction of sp³-hybridized carbons (Fsp3) is 0.900. The van der Waals surface area contributed by atoms with Crippen molar-refractivity contribution in [2.75, 3.05) is 20.4 Å². The maximum absolute atomic E-state index is 15.9. The number of ether oxygens (including phenoxy) is 2. The van der Waals surface area contributed by atoms with Gasteiger partial charge in [0.25, 0.3) is 0 Å². The first-order valence-electron chi connectivity index (χ1n) is 10.8. The smallest absolute Gasteiger partial charge is 0.147 e. The third-order valence-electron chi connectivity index (χ3n) is 6.74. The number of nitrogens with one attached hydrogen (secondary N) is 5. The largest absolute Gasteiger partial charge is 0.349 e. The summed E-state index contributed by atoms with van der Waals surface area (Å²) in [5, 5.41) is 17.2. The molecule has 0 aromatic rings. The van der Waals surface area contributed by atoms with E-state index in [1.807, 2.05) is 7.05 Å². The lowest BCUT2D eigenvalue weighted by molar-refractivity contribution is -0.0114. The molecule has 0 aromatic carbocycles. The zero-order valence-electron chi connectivity index (χ0n) is 17.2. The summed E-state index contributed by atoms with van der Waals surface area (Å²) in [6.45, 7) is 5.41. The van der Waals surface area contributed by atoms with Gasteiger partial charge in [-0.05, 0) is 46.6 Å². The van der Waals surface area contributed by atoms with Gasteiger partial charge in [0.05, 0.1) is 18.4 Å². The van der Waals surface area contributed by atoms with Crippen LogP contribution in [0.5, 0.6) is 0 Å². The summed E-state index contributed by atoms with van der Waals surface area (Å²) in [7, 11) is 1.95. The lowest BCUT2D eigenvalue weighted by Crippen LogP contribution is -2.69. The molecule has 3 heterocycles. The van der Waals surface area contributed by atoms with E-state index in [1.54, 1.807) is 0 Å². The number of hydrogen-bond donors (Lipinski definition) is 5. The number of halogens is 1. The molecule has 160 valence electrons. The SMILES string of the molecule is CNC1CC(C)NC(NC2CC3OCOC3C(C3=CCNC(C)CC3)C2F)N1. The molecule has 1 saturated carbocycles. The van der Waals surface area contributed by atoms with E-state index in [9.17, 15) is 0 Å². The first kappa shape index (κ1) is 20.7. The lowest BCUT2D eigenvalue weighted by Gasteiger charge is -2.44. The Bertz CT molecular complexity index is 565. The Morgan fingerprint density at radius 3 is 2.82 bits per heavy atom. The molecule has 8 heteroatoms. The molecular formula is C20H36FN5O2. The van der Waals surface area contributed by atoms with Gasteiger partial charge in [0.1, 0.15) is 19.3 Å². The Morgan fingerprint density at radius 1 is 1.14 bits per heavy atom. The number of fused-ring (bicyclic) bond motifs is 1. The standard InChI is InChI=1S/C20H36FN5O2/c1-11-4-5-13(6-7-23-11)17-18(21)14(9-15-19(17)28-10-27-15)25-20-24-12(2)8-16(22-3)26-20/h6,11-12,14-20,22-26H,4-5,7-10H2,1-3H3. The Labute approximate surface area is 167 Å². The molecule has 7 nitrogen and oxygen atoms in total. The molecular weight excluding hydrogens is 361 g/mol. The van der Waals surface area contributed by atoms with Gasteiger partial charge >= 0.3 is 0 Å². The predicted molar refractivity (Wildman–Crippen MR) is 106 cm³/mol. The van der Waals surface area contributed by atoms with Crippen molar-refractivity contribution in [2.24, 2.45) is 5.92 Å². The third-order valence-corrected chi connectivity index (χ3v) is 6.74. The fourth-order valence-electron chi connectivity index (χ4n) is 5.15. The normalized spacial score (nSPS) is 47.3. The minimum Gasteiger partial charge on any atom is -0.349 e. The summed E-state index contributed by atoms with van der Waals surface area (Å²) in [5.41, 5.74) is 1.18. The van der Waals surface area contributed by atoms with Crippen LogP contribution < -0.4 is 26.6 Å². The summed E-state index contributed by atoms with van der Waals surface area (Å²) in [6.07, 6.45) is 4.58. The summed E-state index contributed by atoms with van der Waals surface area (Å²) in [4.78, 5) is 0. The highest BCUT2D eigenvalue weighted by Crippen LogP contribution is 2.41. The Hall–Kier alpha value is -0.610. The first-order valence-corrected chi connectivity index (χ1v) is 10.8. The Kier molecular flexibility index (Phi) is 6.67. The van der Waals surface area contributed by atoms with E-state index in [2.05, 4.69) is 46.5 Å². The third kappa shape index (κ3) is 4.43. The second-order valence-corrected chi connectivity index (χ2v) is 8.80. The number of hydrogen-bond acceptors (Lipinski definition) is 7. The van der Waals surface area contributed by atoms with Crippen LogP contribution in [0.15, 0.2) is 11.6 Å². The van der Waals surface area contributed by atoms with Gasteiger partial charge in [-0.15, -0.1) is 0 Å². The fourth-order valence-corrected chi connectivity index (χ4v) is 5.15. The van der Waals surface area contributed by atoms with Gasteiger partial charge in [0.15, 0.2) is 0 Å². The zero-order valence-corrected chi connectivity index (χ0v) is 17.2. The topological polar surface area (TPSA) is 78.6 Å². The molecule has 0 spiro atoms. The minimum absolute atomic E-state index is 0.0508. The minimum atomic E-state index is -1.00. The van der Waals surface area contributed by atoms with E-state index >= 15 is 4.39 Å². The molecule has 3 aliphatic heterocycles. The van der Waals surface area contributed by atoms with Crippen LogP contribution in [0.4, 0.5) is 4.39 Å². The van der Waals surface area contributed by atoms with E-state index in [4.69, 9.17) is 9.47 Å². The van der Waals surface area contributed by atoms with Crippen molar-refractivity contribution >= 4 is 0 Å². The quantitative estimate of drug-likeness (QED) is 0.443. The van der Waals surface area contributed by atoms with Crippen molar-refractivity contribution in [3.63, 3.8) is 0 Å². The molecule has 9 unspecified atom stereocenters. The van der Waals surface area contributed by atoms with Gasteiger partial charge in [-0.1, -0.05) is 11.6 Å². The van der Waals surface area contributed by atoms with Gasteiger partial charge in [0, 0.05) is 30.6 Å². The van der Waals surface area contributed by atoms with Crippen LogP contribution >= 0.6 is 0 Å². The second kappa shape index (κ2) is 9.04. The monoisotopic (exact) mass is 397 g/mol. The molecule has 5 N–H and O–H groups in total. The van der Waals surface area contributed by atoms with E-state index in [0.29, 0.717) is 18.5 Å². The Balaban J connectivity index is 1.48. The van der Waals surface area contributed by atoms with Crippen LogP contribution in [-0.4, -0.2) is 69.3 Å². The Morgan fingerprint density at radius 2 is 2.00 bits per heavy atom. The van der Waals surface area contributed by atoms with Crippen LogP contribution in [0.1, 0.15) is 39.5 Å². The van der Waals surface area contributed by atoms with Crippen LogP contribution in [-0.2, 0) is 9.47 Å². The number of alkyl halides is 1. The van der Waals surface area contributed by atoms with Crippen LogP contribution in [0.3, 0.4) is 0 Å². The molecule has 2 saturated heterocycles. The maximum Gasteiger partial charge on any atom is 0.147 e. The van der Waals surface area contributed by atoms with Gasteiger partial charge in [0.2, 0.25) is 0 Å². The van der Waals surface area contributed by atoms with E-state index in [-0.39, 0.29) is 43.4 Å². The molecule has 1 aliphatic carbocycles. The van der Waals surface area contributed by atoms with Crippen LogP contribution in [0.2, 0.25) is 0 Å². The van der Waals surface area contributed by atoms with Crippen LogP contribution in [0, 0.1) is 5.92 Å². The molecule has 3 fully saturated rings. The molecule has 9 atom stereocenters. The molecule has 4 rings (SSSR count). The molecule has 28 heavy (non-hydrogen) atoms. The highest BCUT2D eigenvalue weighted by atomic mass is 19.1. The molecule has 0 bridgehead atoms. The summed E-state index contributed by atoms with van der Waals surface area (Å²) in [6, 6.07) is 0.524. The van der Waals surface area contributed by atoms with Crippen molar-refractivity contribution in [2.45, 2.75) is 88.5 Å².